The van der Waals surface area contributed by atoms with E-state index < -0.39 is 5.91 Å². The molecule has 64 valence electrons. The molecule has 0 heterocycles. The van der Waals surface area contributed by atoms with Gasteiger partial charge in [-0.05, 0) is 17.7 Å². The molecule has 1 aromatic carbocycles. The van der Waals surface area contributed by atoms with Crippen LogP contribution < -0.4 is 5.73 Å². The lowest BCUT2D eigenvalue weighted by molar-refractivity contribution is 0.1000. The molecule has 0 unspecified atom stereocenters. The molecule has 2 N–H and O–H groups in total. The summed E-state index contributed by atoms with van der Waals surface area (Å²) < 4.78 is 0. The van der Waals surface area contributed by atoms with Crippen LogP contribution in [0.25, 0.3) is 6.08 Å². The number of allylic oxidation sites excluding steroid dienone is 1. The van der Waals surface area contributed by atoms with E-state index in [1.807, 2.05) is 6.07 Å². The molecule has 0 fully saturated rings. The Hall–Kier alpha value is -2.08. The van der Waals surface area contributed by atoms with Gasteiger partial charge in [0, 0.05) is 11.6 Å². The first kappa shape index (κ1) is 9.01. The van der Waals surface area contributed by atoms with Crippen molar-refractivity contribution in [2.75, 3.05) is 0 Å². The van der Waals surface area contributed by atoms with Crippen LogP contribution >= 0.6 is 0 Å². The Bertz CT molecular complexity index is 388. The van der Waals surface area contributed by atoms with Crippen LogP contribution in [0.2, 0.25) is 0 Å². The summed E-state index contributed by atoms with van der Waals surface area (Å²) in [5, 5.41) is 8.30. The van der Waals surface area contributed by atoms with E-state index in [2.05, 4.69) is 0 Å². The van der Waals surface area contributed by atoms with E-state index in [1.165, 1.54) is 6.08 Å². The zero-order chi connectivity index (χ0) is 9.68. The van der Waals surface area contributed by atoms with Crippen LogP contribution in [0.3, 0.4) is 0 Å². The van der Waals surface area contributed by atoms with Crippen molar-refractivity contribution in [2.45, 2.75) is 0 Å². The molecular formula is C10H8N2O. The highest BCUT2D eigenvalue weighted by Crippen LogP contribution is 2.09. The summed E-state index contributed by atoms with van der Waals surface area (Å²) in [7, 11) is 0. The van der Waals surface area contributed by atoms with Gasteiger partial charge >= 0.3 is 0 Å². The molecule has 0 aliphatic carbocycles. The summed E-state index contributed by atoms with van der Waals surface area (Å²) in [4.78, 5) is 10.9. The van der Waals surface area contributed by atoms with Crippen molar-refractivity contribution < 1.29 is 4.79 Å². The average Bonchev–Trinajstić information content (AvgIpc) is 2.15. The minimum absolute atomic E-state index is 0.425. The summed E-state index contributed by atoms with van der Waals surface area (Å²) in [6, 6.07) is 8.71. The minimum Gasteiger partial charge on any atom is -0.366 e. The zero-order valence-corrected chi connectivity index (χ0v) is 6.90. The number of nitriles is 1. The van der Waals surface area contributed by atoms with Crippen LogP contribution in [0.4, 0.5) is 0 Å². The first-order valence-electron chi connectivity index (χ1n) is 3.70. The number of carbonyl (C=O) groups excluding carboxylic acids is 1. The van der Waals surface area contributed by atoms with Crippen molar-refractivity contribution in [2.24, 2.45) is 5.73 Å². The first-order valence-corrected chi connectivity index (χ1v) is 3.70. The maximum Gasteiger partial charge on any atom is 0.249 e. The second-order valence-electron chi connectivity index (χ2n) is 2.41. The van der Waals surface area contributed by atoms with Crippen LogP contribution in [0.5, 0.6) is 0 Å². The Morgan fingerprint density at radius 1 is 1.46 bits per heavy atom. The van der Waals surface area contributed by atoms with Crippen LogP contribution in [0.1, 0.15) is 15.9 Å². The average molecular weight is 172 g/mol. The largest absolute Gasteiger partial charge is 0.366 e. The molecule has 0 saturated carbocycles. The maximum atomic E-state index is 10.9. The highest BCUT2D eigenvalue weighted by atomic mass is 16.1. The van der Waals surface area contributed by atoms with Gasteiger partial charge in [0.15, 0.2) is 0 Å². The molecule has 0 radical (unpaired) electrons. The lowest BCUT2D eigenvalue weighted by Gasteiger charge is -1.99. The van der Waals surface area contributed by atoms with E-state index in [0.717, 1.165) is 0 Å². The molecule has 1 amide bonds. The van der Waals surface area contributed by atoms with Crippen molar-refractivity contribution >= 4 is 12.0 Å². The minimum atomic E-state index is -0.488. The fourth-order valence-corrected chi connectivity index (χ4v) is 0.994. The van der Waals surface area contributed by atoms with Crippen molar-refractivity contribution in [3.63, 3.8) is 0 Å². The summed E-state index contributed by atoms with van der Waals surface area (Å²) in [6.45, 7) is 0. The number of benzene rings is 1. The molecule has 3 heteroatoms. The summed E-state index contributed by atoms with van der Waals surface area (Å²) in [6.07, 6.45) is 2.86. The molecule has 0 bridgehead atoms. The third kappa shape index (κ3) is 2.17. The van der Waals surface area contributed by atoms with E-state index in [1.54, 1.807) is 30.3 Å². The fraction of sp³-hybridized carbons (Fsp3) is 0. The Kier molecular flexibility index (Phi) is 2.82. The van der Waals surface area contributed by atoms with Gasteiger partial charge in [0.25, 0.3) is 0 Å². The number of rotatable bonds is 2. The number of nitrogens with zero attached hydrogens (tertiary/aromatic N) is 1. The smallest absolute Gasteiger partial charge is 0.249 e. The Morgan fingerprint density at radius 3 is 2.77 bits per heavy atom. The number of primary amides is 1. The van der Waals surface area contributed by atoms with Gasteiger partial charge in [-0.1, -0.05) is 18.2 Å². The molecule has 1 aromatic rings. The van der Waals surface area contributed by atoms with E-state index >= 15 is 0 Å². The molecule has 0 atom stereocenters. The van der Waals surface area contributed by atoms with Gasteiger partial charge in [-0.3, -0.25) is 4.79 Å². The van der Waals surface area contributed by atoms with Crippen LogP contribution in [0.15, 0.2) is 30.3 Å². The molecule has 0 aliphatic heterocycles. The van der Waals surface area contributed by atoms with Crippen molar-refractivity contribution in [1.82, 2.24) is 0 Å². The van der Waals surface area contributed by atoms with Crippen LogP contribution in [-0.2, 0) is 0 Å². The summed E-state index contributed by atoms with van der Waals surface area (Å²) in [5.74, 6) is -0.488. The Labute approximate surface area is 76.1 Å². The number of hydrogen-bond acceptors (Lipinski definition) is 2. The maximum absolute atomic E-state index is 10.9. The second-order valence-corrected chi connectivity index (χ2v) is 2.41. The van der Waals surface area contributed by atoms with Gasteiger partial charge in [0.1, 0.15) is 0 Å². The Balaban J connectivity index is 3.14. The molecule has 0 saturated heterocycles. The van der Waals surface area contributed by atoms with E-state index in [-0.39, 0.29) is 0 Å². The number of nitrogens with two attached hydrogens (primary N) is 1. The van der Waals surface area contributed by atoms with Gasteiger partial charge in [-0.25, -0.2) is 0 Å². The predicted octanol–water partition coefficient (Wildman–Crippen LogP) is 1.32. The van der Waals surface area contributed by atoms with Gasteiger partial charge in [0.2, 0.25) is 5.91 Å². The Morgan fingerprint density at radius 2 is 2.15 bits per heavy atom. The molecule has 1 rings (SSSR count). The molecule has 0 aliphatic rings. The monoisotopic (exact) mass is 172 g/mol. The van der Waals surface area contributed by atoms with E-state index in [9.17, 15) is 4.79 Å². The number of carbonyl (C=O) groups is 1. The quantitative estimate of drug-likeness (QED) is 0.683. The van der Waals surface area contributed by atoms with Crippen molar-refractivity contribution in [3.05, 3.63) is 41.5 Å². The van der Waals surface area contributed by atoms with Gasteiger partial charge in [-0.15, -0.1) is 0 Å². The molecular weight excluding hydrogens is 164 g/mol. The third-order valence-electron chi connectivity index (χ3n) is 1.56. The van der Waals surface area contributed by atoms with Gasteiger partial charge in [-0.2, -0.15) is 5.26 Å². The lowest BCUT2D eigenvalue weighted by Crippen LogP contribution is -2.12. The number of amides is 1. The molecule has 0 aromatic heterocycles. The zero-order valence-electron chi connectivity index (χ0n) is 6.90. The first-order chi connectivity index (χ1) is 6.25. The van der Waals surface area contributed by atoms with Gasteiger partial charge < -0.3 is 5.73 Å². The summed E-state index contributed by atoms with van der Waals surface area (Å²) >= 11 is 0. The van der Waals surface area contributed by atoms with Crippen molar-refractivity contribution in [1.29, 1.82) is 5.26 Å². The molecule has 3 nitrogen and oxygen atoms in total. The topological polar surface area (TPSA) is 66.9 Å². The standard InChI is InChI=1S/C10H8N2O/c11-7-3-5-8-4-1-2-6-9(8)10(12)13/h1-6H,(H2,12,13)/b5-3+. The predicted molar refractivity (Wildman–Crippen MR) is 49.6 cm³/mol. The molecule has 0 spiro atoms. The normalized spacial score (nSPS) is 9.77. The SMILES string of the molecule is N#C/C=C/c1ccccc1C(N)=O. The van der Waals surface area contributed by atoms with Crippen LogP contribution in [-0.4, -0.2) is 5.91 Å². The third-order valence-corrected chi connectivity index (χ3v) is 1.56. The van der Waals surface area contributed by atoms with Crippen LogP contribution in [0, 0.1) is 11.3 Å². The highest BCUT2D eigenvalue weighted by Gasteiger charge is 2.02. The highest BCUT2D eigenvalue weighted by molar-refractivity contribution is 5.96. The number of hydrogen-bond donors (Lipinski definition) is 1. The molecule has 13 heavy (non-hydrogen) atoms. The fourth-order valence-electron chi connectivity index (χ4n) is 0.994. The second kappa shape index (κ2) is 4.07. The summed E-state index contributed by atoms with van der Waals surface area (Å²) in [5.41, 5.74) is 6.22. The van der Waals surface area contributed by atoms with Gasteiger partial charge in [0.05, 0.1) is 6.07 Å². The lowest BCUT2D eigenvalue weighted by atomic mass is 10.1. The van der Waals surface area contributed by atoms with E-state index in [0.29, 0.717) is 11.1 Å². The van der Waals surface area contributed by atoms with E-state index in [4.69, 9.17) is 11.0 Å². The van der Waals surface area contributed by atoms with Crippen molar-refractivity contribution in [3.8, 4) is 6.07 Å².